The van der Waals surface area contributed by atoms with Crippen molar-refractivity contribution in [3.8, 4) is 0 Å². The lowest BCUT2D eigenvalue weighted by atomic mass is 10.2. The van der Waals surface area contributed by atoms with E-state index in [9.17, 15) is 0 Å². The number of nitrogens with zero attached hydrogens (tertiary/aromatic N) is 1. The second kappa shape index (κ2) is 4.47. The molecule has 0 aromatic carbocycles. The van der Waals surface area contributed by atoms with Gasteiger partial charge in [-0.05, 0) is 31.9 Å². The first kappa shape index (κ1) is 10.3. The van der Waals surface area contributed by atoms with E-state index in [1.165, 1.54) is 11.4 Å². The summed E-state index contributed by atoms with van der Waals surface area (Å²) < 4.78 is 7.46. The normalized spacial score (nSPS) is 13.2. The summed E-state index contributed by atoms with van der Waals surface area (Å²) in [5.41, 5.74) is 2.67. The van der Waals surface area contributed by atoms with E-state index in [2.05, 4.69) is 37.5 Å². The van der Waals surface area contributed by atoms with E-state index in [4.69, 9.17) is 4.74 Å². The van der Waals surface area contributed by atoms with Crippen molar-refractivity contribution in [3.05, 3.63) is 23.5 Å². The van der Waals surface area contributed by atoms with Gasteiger partial charge in [-0.3, -0.25) is 0 Å². The zero-order valence-corrected chi connectivity index (χ0v) is 9.00. The first-order valence-electron chi connectivity index (χ1n) is 4.76. The lowest BCUT2D eigenvalue weighted by molar-refractivity contribution is 0.151. The summed E-state index contributed by atoms with van der Waals surface area (Å²) in [5.74, 6) is 0.579. The van der Waals surface area contributed by atoms with E-state index in [0.717, 1.165) is 13.2 Å². The van der Waals surface area contributed by atoms with Gasteiger partial charge in [-0.1, -0.05) is 6.92 Å². The van der Waals surface area contributed by atoms with Gasteiger partial charge in [0.05, 0.1) is 6.61 Å². The molecule has 2 nitrogen and oxygen atoms in total. The zero-order valence-electron chi connectivity index (χ0n) is 9.00. The first-order valence-corrected chi connectivity index (χ1v) is 4.76. The van der Waals surface area contributed by atoms with E-state index in [1.807, 2.05) is 0 Å². The molecule has 0 spiro atoms. The minimum absolute atomic E-state index is 0.579. The second-order valence-corrected chi connectivity index (χ2v) is 3.79. The number of aryl methyl sites for hydroxylation is 2. The fourth-order valence-electron chi connectivity index (χ4n) is 1.64. The Balaban J connectivity index is 2.62. The van der Waals surface area contributed by atoms with Gasteiger partial charge < -0.3 is 9.30 Å². The quantitative estimate of drug-likeness (QED) is 0.695. The third-order valence-electron chi connectivity index (χ3n) is 2.36. The van der Waals surface area contributed by atoms with Crippen molar-refractivity contribution < 1.29 is 4.74 Å². The fraction of sp³-hybridized carbons (Fsp3) is 0.636. The minimum Gasteiger partial charge on any atom is -0.384 e. The highest BCUT2D eigenvalue weighted by Crippen LogP contribution is 2.10. The van der Waals surface area contributed by atoms with Gasteiger partial charge in [0.15, 0.2) is 0 Å². The van der Waals surface area contributed by atoms with Gasteiger partial charge in [0.25, 0.3) is 0 Å². The molecule has 2 heteroatoms. The Labute approximate surface area is 80.5 Å². The van der Waals surface area contributed by atoms with Crippen molar-refractivity contribution in [3.63, 3.8) is 0 Å². The van der Waals surface area contributed by atoms with Crippen molar-refractivity contribution in [2.75, 3.05) is 13.7 Å². The van der Waals surface area contributed by atoms with Gasteiger partial charge in [-0.15, -0.1) is 0 Å². The molecule has 1 heterocycles. The fourth-order valence-corrected chi connectivity index (χ4v) is 1.64. The van der Waals surface area contributed by atoms with E-state index >= 15 is 0 Å². The molecule has 1 rings (SSSR count). The van der Waals surface area contributed by atoms with Crippen molar-refractivity contribution in [1.29, 1.82) is 0 Å². The third-order valence-corrected chi connectivity index (χ3v) is 2.36. The number of aromatic nitrogens is 1. The number of hydrogen-bond acceptors (Lipinski definition) is 1. The molecule has 0 saturated carbocycles. The maximum atomic E-state index is 5.12. The van der Waals surface area contributed by atoms with Crippen molar-refractivity contribution in [2.45, 2.75) is 27.3 Å². The number of methoxy groups -OCH3 is 1. The average molecular weight is 181 g/mol. The van der Waals surface area contributed by atoms with Crippen LogP contribution in [0.4, 0.5) is 0 Å². The molecular weight excluding hydrogens is 162 g/mol. The molecule has 1 aromatic heterocycles. The van der Waals surface area contributed by atoms with Crippen LogP contribution in [0.2, 0.25) is 0 Å². The molecule has 0 aliphatic heterocycles. The molecule has 0 amide bonds. The largest absolute Gasteiger partial charge is 0.384 e. The van der Waals surface area contributed by atoms with Crippen LogP contribution < -0.4 is 0 Å². The maximum absolute atomic E-state index is 5.12. The first-order chi connectivity index (χ1) is 6.15. The Morgan fingerprint density at radius 1 is 1.31 bits per heavy atom. The van der Waals surface area contributed by atoms with Crippen molar-refractivity contribution >= 4 is 0 Å². The summed E-state index contributed by atoms with van der Waals surface area (Å²) in [6.07, 6.45) is 0. The van der Waals surface area contributed by atoms with Gasteiger partial charge in [0, 0.05) is 25.0 Å². The van der Waals surface area contributed by atoms with Gasteiger partial charge in [0.1, 0.15) is 0 Å². The molecule has 1 aromatic rings. The van der Waals surface area contributed by atoms with Gasteiger partial charge in [-0.2, -0.15) is 0 Å². The van der Waals surface area contributed by atoms with Crippen LogP contribution in [-0.4, -0.2) is 18.3 Å². The van der Waals surface area contributed by atoms with Crippen LogP contribution in [0.15, 0.2) is 12.1 Å². The molecular formula is C11H19NO. The van der Waals surface area contributed by atoms with Gasteiger partial charge >= 0.3 is 0 Å². The lowest BCUT2D eigenvalue weighted by Crippen LogP contribution is -2.14. The molecule has 74 valence electrons. The number of ether oxygens (including phenoxy) is 1. The second-order valence-electron chi connectivity index (χ2n) is 3.79. The number of hydrogen-bond donors (Lipinski definition) is 0. The van der Waals surface area contributed by atoms with E-state index in [-0.39, 0.29) is 0 Å². The molecule has 1 atom stereocenters. The molecule has 0 fully saturated rings. The highest BCUT2D eigenvalue weighted by Gasteiger charge is 2.06. The monoisotopic (exact) mass is 181 g/mol. The van der Waals surface area contributed by atoms with E-state index in [0.29, 0.717) is 5.92 Å². The summed E-state index contributed by atoms with van der Waals surface area (Å²) in [6, 6.07) is 4.32. The van der Waals surface area contributed by atoms with E-state index in [1.54, 1.807) is 7.11 Å². The van der Waals surface area contributed by atoms with E-state index < -0.39 is 0 Å². The predicted molar refractivity (Wildman–Crippen MR) is 54.9 cm³/mol. The maximum Gasteiger partial charge on any atom is 0.0504 e. The Bertz CT molecular complexity index is 246. The molecule has 0 saturated heterocycles. The van der Waals surface area contributed by atoms with Gasteiger partial charge in [-0.25, -0.2) is 0 Å². The van der Waals surface area contributed by atoms with Crippen LogP contribution in [-0.2, 0) is 11.3 Å². The van der Waals surface area contributed by atoms with Crippen LogP contribution in [0.5, 0.6) is 0 Å². The average Bonchev–Trinajstić information content (AvgIpc) is 2.36. The van der Waals surface area contributed by atoms with Crippen LogP contribution >= 0.6 is 0 Å². The molecule has 1 unspecified atom stereocenters. The molecule has 13 heavy (non-hydrogen) atoms. The lowest BCUT2D eigenvalue weighted by Gasteiger charge is -2.14. The summed E-state index contributed by atoms with van der Waals surface area (Å²) in [4.78, 5) is 0. The minimum atomic E-state index is 0.579. The van der Waals surface area contributed by atoms with Gasteiger partial charge in [0.2, 0.25) is 0 Å². The topological polar surface area (TPSA) is 14.2 Å². The molecule has 0 N–H and O–H groups in total. The smallest absolute Gasteiger partial charge is 0.0504 e. The molecule has 0 aliphatic carbocycles. The Morgan fingerprint density at radius 2 is 1.85 bits per heavy atom. The van der Waals surface area contributed by atoms with Crippen LogP contribution in [0, 0.1) is 19.8 Å². The molecule has 0 radical (unpaired) electrons. The zero-order chi connectivity index (χ0) is 9.84. The summed E-state index contributed by atoms with van der Waals surface area (Å²) in [5, 5.41) is 0. The van der Waals surface area contributed by atoms with Crippen LogP contribution in [0.3, 0.4) is 0 Å². The predicted octanol–water partition coefficient (Wildman–Crippen LogP) is 2.39. The summed E-state index contributed by atoms with van der Waals surface area (Å²) in [6.45, 7) is 8.39. The molecule has 0 bridgehead atoms. The standard InChI is InChI=1S/C11H19NO/c1-9(8-13-4)7-12-10(2)5-6-11(12)3/h5-6,9H,7-8H2,1-4H3. The number of rotatable bonds is 4. The highest BCUT2D eigenvalue weighted by atomic mass is 16.5. The Morgan fingerprint density at radius 3 is 2.31 bits per heavy atom. The summed E-state index contributed by atoms with van der Waals surface area (Å²) in [7, 11) is 1.76. The summed E-state index contributed by atoms with van der Waals surface area (Å²) >= 11 is 0. The third kappa shape index (κ3) is 2.59. The molecule has 0 aliphatic rings. The van der Waals surface area contributed by atoms with Crippen LogP contribution in [0.25, 0.3) is 0 Å². The Kier molecular flexibility index (Phi) is 3.55. The van der Waals surface area contributed by atoms with Crippen molar-refractivity contribution in [1.82, 2.24) is 4.57 Å². The highest BCUT2D eigenvalue weighted by molar-refractivity contribution is 5.13. The SMILES string of the molecule is COCC(C)Cn1c(C)ccc1C. The van der Waals surface area contributed by atoms with Crippen LogP contribution in [0.1, 0.15) is 18.3 Å². The Hall–Kier alpha value is -0.760. The van der Waals surface area contributed by atoms with Crippen molar-refractivity contribution in [2.24, 2.45) is 5.92 Å².